The Morgan fingerprint density at radius 3 is 2.80 bits per heavy atom. The average Bonchev–Trinajstić information content (AvgIpc) is 2.89. The molecular formula is C12H15N3O3S2. The van der Waals surface area contributed by atoms with Crippen molar-refractivity contribution in [2.45, 2.75) is 11.4 Å². The van der Waals surface area contributed by atoms with Crippen molar-refractivity contribution in [1.82, 2.24) is 10.3 Å². The first-order valence-electron chi connectivity index (χ1n) is 5.80. The number of aromatic nitrogens is 1. The summed E-state index contributed by atoms with van der Waals surface area (Å²) in [5.41, 5.74) is 0.396. The first-order valence-corrected chi connectivity index (χ1v) is 8.16. The number of pyridine rings is 1. The van der Waals surface area contributed by atoms with E-state index < -0.39 is 10.0 Å². The highest BCUT2D eigenvalue weighted by molar-refractivity contribution is 7.92. The molecule has 6 nitrogen and oxygen atoms in total. The SMILES string of the molecule is CNCc1cc(S(=O)(=O)Nc2ccc(OC)nc2)cs1. The van der Waals surface area contributed by atoms with Crippen molar-refractivity contribution in [2.24, 2.45) is 0 Å². The van der Waals surface area contributed by atoms with E-state index in [2.05, 4.69) is 15.0 Å². The lowest BCUT2D eigenvalue weighted by molar-refractivity contribution is 0.398. The molecule has 0 saturated heterocycles. The number of nitrogens with one attached hydrogen (secondary N) is 2. The quantitative estimate of drug-likeness (QED) is 0.848. The van der Waals surface area contributed by atoms with Gasteiger partial charge in [-0.1, -0.05) is 0 Å². The van der Waals surface area contributed by atoms with Crippen LogP contribution in [-0.4, -0.2) is 27.6 Å². The van der Waals surface area contributed by atoms with E-state index in [1.54, 1.807) is 23.6 Å². The monoisotopic (exact) mass is 313 g/mol. The normalized spacial score (nSPS) is 11.3. The van der Waals surface area contributed by atoms with Crippen molar-refractivity contribution in [3.63, 3.8) is 0 Å². The molecule has 0 aliphatic carbocycles. The fraction of sp³-hybridized carbons (Fsp3) is 0.250. The van der Waals surface area contributed by atoms with Crippen LogP contribution in [0.25, 0.3) is 0 Å². The maximum Gasteiger partial charge on any atom is 0.262 e. The summed E-state index contributed by atoms with van der Waals surface area (Å²) in [4.78, 5) is 5.17. The van der Waals surface area contributed by atoms with Crippen LogP contribution in [0, 0.1) is 0 Å². The molecule has 108 valence electrons. The van der Waals surface area contributed by atoms with Crippen molar-refractivity contribution in [3.8, 4) is 5.88 Å². The minimum atomic E-state index is -3.58. The summed E-state index contributed by atoms with van der Waals surface area (Å²) in [5, 5.41) is 4.60. The van der Waals surface area contributed by atoms with Gasteiger partial charge in [0.25, 0.3) is 10.0 Å². The number of hydrogen-bond donors (Lipinski definition) is 2. The van der Waals surface area contributed by atoms with Crippen LogP contribution in [0.15, 0.2) is 34.7 Å². The molecule has 0 aliphatic heterocycles. The molecule has 0 aromatic carbocycles. The molecule has 0 amide bonds. The topological polar surface area (TPSA) is 80.3 Å². The smallest absolute Gasteiger partial charge is 0.262 e. The Kier molecular flexibility index (Phi) is 4.58. The van der Waals surface area contributed by atoms with Crippen molar-refractivity contribution in [1.29, 1.82) is 0 Å². The number of nitrogens with zero attached hydrogens (tertiary/aromatic N) is 1. The number of sulfonamides is 1. The fourth-order valence-corrected chi connectivity index (χ4v) is 3.87. The molecule has 20 heavy (non-hydrogen) atoms. The molecule has 2 N–H and O–H groups in total. The van der Waals surface area contributed by atoms with Gasteiger partial charge in [-0.05, 0) is 19.2 Å². The maximum atomic E-state index is 12.2. The van der Waals surface area contributed by atoms with Crippen molar-refractivity contribution < 1.29 is 13.2 Å². The molecular weight excluding hydrogens is 298 g/mol. The second kappa shape index (κ2) is 6.21. The van der Waals surface area contributed by atoms with Gasteiger partial charge < -0.3 is 10.1 Å². The van der Waals surface area contributed by atoms with Gasteiger partial charge in [-0.2, -0.15) is 0 Å². The summed E-state index contributed by atoms with van der Waals surface area (Å²) < 4.78 is 31.8. The zero-order chi connectivity index (χ0) is 14.6. The number of hydrogen-bond acceptors (Lipinski definition) is 6. The van der Waals surface area contributed by atoms with Gasteiger partial charge in [0.15, 0.2) is 0 Å². The molecule has 2 rings (SSSR count). The summed E-state index contributed by atoms with van der Waals surface area (Å²) in [5.74, 6) is 0.430. The highest BCUT2D eigenvalue weighted by Gasteiger charge is 2.16. The second-order valence-electron chi connectivity index (χ2n) is 3.97. The number of ether oxygens (including phenoxy) is 1. The molecule has 0 radical (unpaired) electrons. The lowest BCUT2D eigenvalue weighted by Gasteiger charge is -2.06. The number of rotatable bonds is 6. The largest absolute Gasteiger partial charge is 0.481 e. The van der Waals surface area contributed by atoms with E-state index in [1.807, 2.05) is 7.05 Å². The Labute approximate surface area is 121 Å². The van der Waals surface area contributed by atoms with Gasteiger partial charge in [0.2, 0.25) is 5.88 Å². The Morgan fingerprint density at radius 1 is 1.40 bits per heavy atom. The minimum Gasteiger partial charge on any atom is -0.481 e. The van der Waals surface area contributed by atoms with E-state index in [4.69, 9.17) is 4.74 Å². The third kappa shape index (κ3) is 3.47. The zero-order valence-corrected chi connectivity index (χ0v) is 12.7. The van der Waals surface area contributed by atoms with E-state index in [0.29, 0.717) is 18.1 Å². The molecule has 8 heteroatoms. The lowest BCUT2D eigenvalue weighted by atomic mass is 10.4. The van der Waals surface area contributed by atoms with E-state index in [-0.39, 0.29) is 4.90 Å². The molecule has 0 atom stereocenters. The van der Waals surface area contributed by atoms with Crippen LogP contribution in [0.2, 0.25) is 0 Å². The molecule has 0 unspecified atom stereocenters. The Bertz CT molecular complexity index is 666. The second-order valence-corrected chi connectivity index (χ2v) is 6.65. The zero-order valence-electron chi connectivity index (χ0n) is 11.1. The van der Waals surface area contributed by atoms with Crippen LogP contribution in [0.4, 0.5) is 5.69 Å². The molecule has 2 heterocycles. The standard InChI is InChI=1S/C12H15N3O3S2/c1-13-7-10-5-11(8-19-10)20(16,17)15-9-3-4-12(18-2)14-6-9/h3-6,8,13,15H,7H2,1-2H3. The van der Waals surface area contributed by atoms with Gasteiger partial charge in [-0.15, -0.1) is 11.3 Å². The van der Waals surface area contributed by atoms with E-state index in [9.17, 15) is 8.42 Å². The number of anilines is 1. The van der Waals surface area contributed by atoms with Gasteiger partial charge in [0, 0.05) is 22.9 Å². The summed E-state index contributed by atoms with van der Waals surface area (Å²) >= 11 is 1.40. The molecule has 0 aliphatic rings. The minimum absolute atomic E-state index is 0.253. The highest BCUT2D eigenvalue weighted by atomic mass is 32.2. The van der Waals surface area contributed by atoms with Crippen LogP contribution in [0.5, 0.6) is 5.88 Å². The highest BCUT2D eigenvalue weighted by Crippen LogP contribution is 2.22. The van der Waals surface area contributed by atoms with Gasteiger partial charge >= 0.3 is 0 Å². The van der Waals surface area contributed by atoms with Crippen molar-refractivity contribution in [3.05, 3.63) is 34.7 Å². The maximum absolute atomic E-state index is 12.2. The van der Waals surface area contributed by atoms with Gasteiger partial charge in [0.05, 0.1) is 23.9 Å². The van der Waals surface area contributed by atoms with Crippen LogP contribution in [-0.2, 0) is 16.6 Å². The fourth-order valence-electron chi connectivity index (χ4n) is 1.54. The van der Waals surface area contributed by atoms with Crippen LogP contribution >= 0.6 is 11.3 Å². The molecule has 0 saturated carbocycles. The van der Waals surface area contributed by atoms with Crippen LogP contribution < -0.4 is 14.8 Å². The first kappa shape index (κ1) is 14.8. The number of methoxy groups -OCH3 is 1. The van der Waals surface area contributed by atoms with Crippen LogP contribution in [0.3, 0.4) is 0 Å². The molecule has 0 fully saturated rings. The van der Waals surface area contributed by atoms with Gasteiger partial charge in [0.1, 0.15) is 0 Å². The summed E-state index contributed by atoms with van der Waals surface area (Å²) in [6.45, 7) is 0.643. The molecule has 2 aromatic rings. The van der Waals surface area contributed by atoms with E-state index in [1.165, 1.54) is 24.6 Å². The molecule has 2 aromatic heterocycles. The molecule has 0 spiro atoms. The van der Waals surface area contributed by atoms with Gasteiger partial charge in [-0.25, -0.2) is 13.4 Å². The summed E-state index contributed by atoms with van der Waals surface area (Å²) in [7, 11) is -0.263. The number of thiophene rings is 1. The summed E-state index contributed by atoms with van der Waals surface area (Å²) in [6.07, 6.45) is 1.41. The van der Waals surface area contributed by atoms with Crippen molar-refractivity contribution >= 4 is 27.0 Å². The third-order valence-corrected chi connectivity index (χ3v) is 4.94. The predicted molar refractivity (Wildman–Crippen MR) is 78.7 cm³/mol. The lowest BCUT2D eigenvalue weighted by Crippen LogP contribution is -2.12. The Morgan fingerprint density at radius 2 is 2.20 bits per heavy atom. The average molecular weight is 313 g/mol. The Balaban J connectivity index is 2.16. The van der Waals surface area contributed by atoms with Gasteiger partial charge in [-0.3, -0.25) is 4.72 Å². The van der Waals surface area contributed by atoms with E-state index >= 15 is 0 Å². The van der Waals surface area contributed by atoms with Crippen LogP contribution in [0.1, 0.15) is 4.88 Å². The summed E-state index contributed by atoms with van der Waals surface area (Å²) in [6, 6.07) is 4.85. The predicted octanol–water partition coefficient (Wildman–Crippen LogP) is 1.67. The Hall–Kier alpha value is -1.64. The van der Waals surface area contributed by atoms with E-state index in [0.717, 1.165) is 4.88 Å². The third-order valence-electron chi connectivity index (χ3n) is 2.49. The molecule has 0 bridgehead atoms. The van der Waals surface area contributed by atoms with Crippen molar-refractivity contribution in [2.75, 3.05) is 18.9 Å². The first-order chi connectivity index (χ1) is 9.55.